The number of aryl methyl sites for hydroxylation is 1. The maximum absolute atomic E-state index is 5.28. The Morgan fingerprint density at radius 1 is 1.50 bits per heavy atom. The van der Waals surface area contributed by atoms with Gasteiger partial charge in [0.15, 0.2) is 0 Å². The van der Waals surface area contributed by atoms with Gasteiger partial charge < -0.3 is 9.73 Å². The van der Waals surface area contributed by atoms with Crippen LogP contribution >= 0.6 is 0 Å². The summed E-state index contributed by atoms with van der Waals surface area (Å²) in [7, 11) is 0. The minimum atomic E-state index is 0.589. The first-order valence-electron chi connectivity index (χ1n) is 5.58. The van der Waals surface area contributed by atoms with Crippen LogP contribution in [0.5, 0.6) is 0 Å². The van der Waals surface area contributed by atoms with Crippen molar-refractivity contribution in [1.29, 1.82) is 0 Å². The normalized spacial score (nSPS) is 13.0. The Morgan fingerprint density at radius 2 is 2.36 bits per heavy atom. The van der Waals surface area contributed by atoms with Crippen molar-refractivity contribution in [2.75, 3.05) is 6.54 Å². The average molecular weight is 195 g/mol. The molecule has 1 heterocycles. The smallest absolute Gasteiger partial charge is 0.103 e. The Morgan fingerprint density at radius 3 is 3.00 bits per heavy atom. The largest absolute Gasteiger partial charge is 0.469 e. The summed E-state index contributed by atoms with van der Waals surface area (Å²) in [6, 6.07) is 4.58. The van der Waals surface area contributed by atoms with Crippen molar-refractivity contribution >= 4 is 0 Å². The summed E-state index contributed by atoms with van der Waals surface area (Å²) in [6.45, 7) is 5.59. The van der Waals surface area contributed by atoms with Crippen molar-refractivity contribution in [2.24, 2.45) is 0 Å². The fraction of sp³-hybridized carbons (Fsp3) is 0.667. The van der Waals surface area contributed by atoms with Gasteiger partial charge in [0.1, 0.15) is 5.76 Å². The molecule has 0 amide bonds. The van der Waals surface area contributed by atoms with Crippen LogP contribution in [0.1, 0.15) is 38.9 Å². The third-order valence-corrected chi connectivity index (χ3v) is 2.43. The zero-order valence-electron chi connectivity index (χ0n) is 9.25. The number of nitrogens with one attached hydrogen (secondary N) is 1. The van der Waals surface area contributed by atoms with Gasteiger partial charge in [0.25, 0.3) is 0 Å². The van der Waals surface area contributed by atoms with Gasteiger partial charge in [-0.2, -0.15) is 0 Å². The predicted octanol–water partition coefficient (Wildman–Crippen LogP) is 2.99. The second kappa shape index (κ2) is 6.66. The van der Waals surface area contributed by atoms with E-state index in [9.17, 15) is 0 Å². The Hall–Kier alpha value is -0.760. The van der Waals surface area contributed by atoms with E-state index < -0.39 is 0 Å². The minimum Gasteiger partial charge on any atom is -0.469 e. The topological polar surface area (TPSA) is 25.2 Å². The maximum atomic E-state index is 5.28. The van der Waals surface area contributed by atoms with Gasteiger partial charge in [-0.25, -0.2) is 0 Å². The third-order valence-electron chi connectivity index (χ3n) is 2.43. The molecule has 1 unspecified atom stereocenters. The van der Waals surface area contributed by atoms with Crippen LogP contribution in [0.3, 0.4) is 0 Å². The zero-order chi connectivity index (χ0) is 10.2. The minimum absolute atomic E-state index is 0.589. The van der Waals surface area contributed by atoms with E-state index in [-0.39, 0.29) is 0 Å². The molecular formula is C12H21NO. The highest BCUT2D eigenvalue weighted by Gasteiger charge is 2.02. The molecule has 0 aliphatic carbocycles. The third kappa shape index (κ3) is 4.47. The lowest BCUT2D eigenvalue weighted by Crippen LogP contribution is -2.27. The molecule has 1 atom stereocenters. The number of furan rings is 1. The van der Waals surface area contributed by atoms with Crippen molar-refractivity contribution in [3.05, 3.63) is 24.2 Å². The molecule has 0 aromatic carbocycles. The molecule has 1 rings (SSSR count). The van der Waals surface area contributed by atoms with Crippen LogP contribution in [0.25, 0.3) is 0 Å². The van der Waals surface area contributed by atoms with E-state index in [1.54, 1.807) is 6.26 Å². The van der Waals surface area contributed by atoms with Crippen molar-refractivity contribution in [2.45, 2.75) is 45.6 Å². The van der Waals surface area contributed by atoms with Crippen LogP contribution in [-0.2, 0) is 6.42 Å². The molecule has 0 saturated heterocycles. The fourth-order valence-corrected chi connectivity index (χ4v) is 1.44. The molecule has 0 spiro atoms. The van der Waals surface area contributed by atoms with Crippen LogP contribution in [0.15, 0.2) is 22.8 Å². The molecular weight excluding hydrogens is 174 g/mol. The Labute approximate surface area is 86.7 Å². The first-order valence-corrected chi connectivity index (χ1v) is 5.58. The maximum Gasteiger partial charge on any atom is 0.103 e. The quantitative estimate of drug-likeness (QED) is 0.677. The lowest BCUT2D eigenvalue weighted by molar-refractivity contribution is 0.457. The van der Waals surface area contributed by atoms with Gasteiger partial charge in [-0.05, 0) is 38.4 Å². The van der Waals surface area contributed by atoms with Crippen LogP contribution in [-0.4, -0.2) is 12.6 Å². The molecule has 80 valence electrons. The second-order valence-corrected chi connectivity index (χ2v) is 3.83. The second-order valence-electron chi connectivity index (χ2n) is 3.83. The lowest BCUT2D eigenvalue weighted by Gasteiger charge is -2.12. The predicted molar refractivity (Wildman–Crippen MR) is 59.4 cm³/mol. The van der Waals surface area contributed by atoms with Gasteiger partial charge in [0, 0.05) is 12.5 Å². The van der Waals surface area contributed by atoms with Crippen LogP contribution < -0.4 is 5.32 Å². The molecule has 0 fully saturated rings. The van der Waals surface area contributed by atoms with Gasteiger partial charge in [0.05, 0.1) is 6.26 Å². The standard InChI is InChI=1S/C12H21NO/c1-3-4-9-13-11(2)7-8-12-6-5-10-14-12/h5-6,10-11,13H,3-4,7-9H2,1-2H3. The average Bonchev–Trinajstić information content (AvgIpc) is 2.68. The van der Waals surface area contributed by atoms with Crippen molar-refractivity contribution in [3.8, 4) is 0 Å². The van der Waals surface area contributed by atoms with Gasteiger partial charge >= 0.3 is 0 Å². The number of hydrogen-bond acceptors (Lipinski definition) is 2. The Kier molecular flexibility index (Phi) is 5.38. The zero-order valence-corrected chi connectivity index (χ0v) is 9.25. The number of unbranched alkanes of at least 4 members (excludes halogenated alkanes) is 1. The first kappa shape index (κ1) is 11.3. The van der Waals surface area contributed by atoms with E-state index in [0.29, 0.717) is 6.04 Å². The Bertz CT molecular complexity index is 218. The molecule has 0 saturated carbocycles. The van der Waals surface area contributed by atoms with Crippen molar-refractivity contribution < 1.29 is 4.42 Å². The fourth-order valence-electron chi connectivity index (χ4n) is 1.44. The molecule has 1 aromatic rings. The van der Waals surface area contributed by atoms with E-state index >= 15 is 0 Å². The summed E-state index contributed by atoms with van der Waals surface area (Å²) in [6.07, 6.45) is 6.46. The van der Waals surface area contributed by atoms with E-state index in [4.69, 9.17) is 4.42 Å². The highest BCUT2D eigenvalue weighted by molar-refractivity contribution is 4.98. The van der Waals surface area contributed by atoms with Crippen molar-refractivity contribution in [1.82, 2.24) is 5.32 Å². The molecule has 1 aromatic heterocycles. The van der Waals surface area contributed by atoms with E-state index in [0.717, 1.165) is 25.1 Å². The van der Waals surface area contributed by atoms with Gasteiger partial charge in [-0.1, -0.05) is 13.3 Å². The van der Waals surface area contributed by atoms with Crippen LogP contribution in [0, 0.1) is 0 Å². The molecule has 0 bridgehead atoms. The highest BCUT2D eigenvalue weighted by Crippen LogP contribution is 2.05. The lowest BCUT2D eigenvalue weighted by atomic mass is 10.1. The summed E-state index contributed by atoms with van der Waals surface area (Å²) in [5, 5.41) is 3.50. The molecule has 0 aliphatic heterocycles. The molecule has 0 aliphatic rings. The molecule has 0 radical (unpaired) electrons. The van der Waals surface area contributed by atoms with Crippen LogP contribution in [0.2, 0.25) is 0 Å². The van der Waals surface area contributed by atoms with E-state index in [2.05, 4.69) is 19.2 Å². The highest BCUT2D eigenvalue weighted by atomic mass is 16.3. The van der Waals surface area contributed by atoms with Gasteiger partial charge in [0.2, 0.25) is 0 Å². The summed E-state index contributed by atoms with van der Waals surface area (Å²) < 4.78 is 5.28. The van der Waals surface area contributed by atoms with Crippen molar-refractivity contribution in [3.63, 3.8) is 0 Å². The summed E-state index contributed by atoms with van der Waals surface area (Å²) in [5.74, 6) is 1.09. The molecule has 2 heteroatoms. The monoisotopic (exact) mass is 195 g/mol. The van der Waals surface area contributed by atoms with E-state index in [1.165, 1.54) is 12.8 Å². The number of hydrogen-bond donors (Lipinski definition) is 1. The molecule has 2 nitrogen and oxygen atoms in total. The van der Waals surface area contributed by atoms with Gasteiger partial charge in [-0.15, -0.1) is 0 Å². The Balaban J connectivity index is 2.06. The summed E-state index contributed by atoms with van der Waals surface area (Å²) in [4.78, 5) is 0. The summed E-state index contributed by atoms with van der Waals surface area (Å²) in [5.41, 5.74) is 0. The van der Waals surface area contributed by atoms with Crippen LogP contribution in [0.4, 0.5) is 0 Å². The van der Waals surface area contributed by atoms with Gasteiger partial charge in [-0.3, -0.25) is 0 Å². The SMILES string of the molecule is CCCCNC(C)CCc1ccco1. The number of rotatable bonds is 7. The van der Waals surface area contributed by atoms with E-state index in [1.807, 2.05) is 12.1 Å². The summed E-state index contributed by atoms with van der Waals surface area (Å²) >= 11 is 0. The first-order chi connectivity index (χ1) is 6.83. The molecule has 14 heavy (non-hydrogen) atoms. The molecule has 1 N–H and O–H groups in total.